The molecule has 2 nitrogen and oxygen atoms in total. The van der Waals surface area contributed by atoms with Crippen molar-refractivity contribution < 1.29 is 19.0 Å². The summed E-state index contributed by atoms with van der Waals surface area (Å²) in [5, 5.41) is 20.8. The van der Waals surface area contributed by atoms with Crippen LogP contribution in [-0.2, 0) is 0 Å². The van der Waals surface area contributed by atoms with Crippen molar-refractivity contribution in [3.8, 4) is 0 Å². The first-order chi connectivity index (χ1) is 10.5. The van der Waals surface area contributed by atoms with Crippen molar-refractivity contribution in [3.05, 3.63) is 46.0 Å². The first kappa shape index (κ1) is 17.9. The Morgan fingerprint density at radius 2 is 1.78 bits per heavy atom. The Morgan fingerprint density at radius 3 is 2.35 bits per heavy atom. The first-order valence-corrected chi connectivity index (χ1v) is 8.01. The second-order valence-electron chi connectivity index (χ2n) is 7.76. The van der Waals surface area contributed by atoms with Crippen LogP contribution in [0.3, 0.4) is 0 Å². The van der Waals surface area contributed by atoms with Gasteiger partial charge in [0.1, 0.15) is 17.8 Å². The highest BCUT2D eigenvalue weighted by molar-refractivity contribution is 5.42. The summed E-state index contributed by atoms with van der Waals surface area (Å²) in [5.41, 5.74) is 1.66. The fourth-order valence-electron chi connectivity index (χ4n) is 3.49. The van der Waals surface area contributed by atoms with Gasteiger partial charge in [0.2, 0.25) is 0 Å². The van der Waals surface area contributed by atoms with Gasteiger partial charge in [-0.1, -0.05) is 20.8 Å². The predicted molar refractivity (Wildman–Crippen MR) is 88.4 cm³/mol. The summed E-state index contributed by atoms with van der Waals surface area (Å²) < 4.78 is 28.3. The molecule has 0 bridgehead atoms. The molecule has 0 spiro atoms. The molecule has 2 aliphatic rings. The van der Waals surface area contributed by atoms with Crippen LogP contribution in [0.2, 0.25) is 0 Å². The van der Waals surface area contributed by atoms with E-state index in [0.29, 0.717) is 22.3 Å². The lowest BCUT2D eigenvalue weighted by Gasteiger charge is -2.39. The third-order valence-corrected chi connectivity index (χ3v) is 4.72. The zero-order valence-corrected chi connectivity index (χ0v) is 14.5. The van der Waals surface area contributed by atoms with Crippen LogP contribution in [0.15, 0.2) is 46.0 Å². The second-order valence-corrected chi connectivity index (χ2v) is 7.76. The SMILES string of the molecule is CC1=CC(O)=C([C@H](C2=CC(F)=C(C)CC2O)C(C)(C)C)C[C@H]1F. The van der Waals surface area contributed by atoms with Crippen LogP contribution in [0.1, 0.15) is 47.5 Å². The fourth-order valence-corrected chi connectivity index (χ4v) is 3.49. The third-order valence-electron chi connectivity index (χ3n) is 4.72. The quantitative estimate of drug-likeness (QED) is 0.743. The molecule has 2 rings (SSSR count). The molecule has 0 aliphatic heterocycles. The van der Waals surface area contributed by atoms with Crippen molar-refractivity contribution in [1.82, 2.24) is 0 Å². The van der Waals surface area contributed by atoms with Gasteiger partial charge < -0.3 is 10.2 Å². The highest BCUT2D eigenvalue weighted by Crippen LogP contribution is 2.46. The summed E-state index contributed by atoms with van der Waals surface area (Å²) in [6.45, 7) is 9.15. The average Bonchev–Trinajstić information content (AvgIpc) is 2.40. The molecular weight excluding hydrogens is 298 g/mol. The summed E-state index contributed by atoms with van der Waals surface area (Å²) in [4.78, 5) is 0. The van der Waals surface area contributed by atoms with E-state index in [1.165, 1.54) is 12.2 Å². The van der Waals surface area contributed by atoms with Gasteiger partial charge in [-0.15, -0.1) is 0 Å². The summed E-state index contributed by atoms with van der Waals surface area (Å²) in [5.74, 6) is -0.728. The standard InChI is InChI=1S/C19H26F2O2/c1-10-6-16(22)12(8-14(10)20)18(19(3,4)5)13-9-15(21)11(2)7-17(13)23/h6,9,14,17-18,22-23H,7-8H2,1-5H3/t14-,17?,18-/m1/s1. The van der Waals surface area contributed by atoms with E-state index in [9.17, 15) is 19.0 Å². The van der Waals surface area contributed by atoms with E-state index >= 15 is 0 Å². The Kier molecular flexibility index (Phi) is 4.86. The molecule has 2 N–H and O–H groups in total. The normalized spacial score (nSPS) is 27.8. The molecule has 0 aromatic heterocycles. The Labute approximate surface area is 136 Å². The van der Waals surface area contributed by atoms with Gasteiger partial charge in [-0.2, -0.15) is 0 Å². The van der Waals surface area contributed by atoms with Gasteiger partial charge in [-0.3, -0.25) is 0 Å². The summed E-state index contributed by atoms with van der Waals surface area (Å²) in [6.07, 6.45) is 1.13. The number of aliphatic hydroxyl groups excluding tert-OH is 2. The van der Waals surface area contributed by atoms with Crippen LogP contribution >= 0.6 is 0 Å². The predicted octanol–water partition coefficient (Wildman–Crippen LogP) is 5.08. The van der Waals surface area contributed by atoms with Crippen LogP contribution in [0.25, 0.3) is 0 Å². The smallest absolute Gasteiger partial charge is 0.125 e. The van der Waals surface area contributed by atoms with Crippen molar-refractivity contribution in [2.45, 2.75) is 59.7 Å². The Morgan fingerprint density at radius 1 is 1.17 bits per heavy atom. The maximum Gasteiger partial charge on any atom is 0.125 e. The average molecular weight is 324 g/mol. The molecule has 0 heterocycles. The molecule has 0 fully saturated rings. The molecule has 2 aliphatic carbocycles. The minimum atomic E-state index is -1.16. The largest absolute Gasteiger partial charge is 0.508 e. The number of hydrogen-bond donors (Lipinski definition) is 2. The van der Waals surface area contributed by atoms with Gasteiger partial charge in [0.25, 0.3) is 0 Å². The van der Waals surface area contributed by atoms with Crippen LogP contribution in [0.4, 0.5) is 8.78 Å². The molecule has 0 saturated carbocycles. The number of halogens is 2. The van der Waals surface area contributed by atoms with Crippen molar-refractivity contribution in [2.75, 3.05) is 0 Å². The van der Waals surface area contributed by atoms with Crippen LogP contribution in [-0.4, -0.2) is 22.5 Å². The number of hydrogen-bond acceptors (Lipinski definition) is 2. The summed E-state index contributed by atoms with van der Waals surface area (Å²) in [7, 11) is 0. The highest BCUT2D eigenvalue weighted by Gasteiger charge is 2.39. The van der Waals surface area contributed by atoms with E-state index in [1.807, 2.05) is 20.8 Å². The lowest BCUT2D eigenvalue weighted by molar-refractivity contribution is 0.168. The highest BCUT2D eigenvalue weighted by atomic mass is 19.1. The molecule has 3 atom stereocenters. The minimum Gasteiger partial charge on any atom is -0.508 e. The van der Waals surface area contributed by atoms with Crippen molar-refractivity contribution in [2.24, 2.45) is 11.3 Å². The van der Waals surface area contributed by atoms with Crippen molar-refractivity contribution >= 4 is 0 Å². The van der Waals surface area contributed by atoms with Gasteiger partial charge in [0, 0.05) is 18.8 Å². The topological polar surface area (TPSA) is 40.5 Å². The Bertz CT molecular complexity index is 618. The van der Waals surface area contributed by atoms with Gasteiger partial charge in [0.15, 0.2) is 0 Å². The number of rotatable bonds is 2. The maximum atomic E-state index is 14.2. The molecular formula is C19H26F2O2. The third kappa shape index (κ3) is 3.57. The minimum absolute atomic E-state index is 0.0381. The number of allylic oxidation sites excluding steroid dienone is 5. The van der Waals surface area contributed by atoms with Crippen LogP contribution in [0, 0.1) is 11.3 Å². The Balaban J connectivity index is 2.57. The zero-order chi connectivity index (χ0) is 17.5. The van der Waals surface area contributed by atoms with Crippen LogP contribution < -0.4 is 0 Å². The maximum absolute atomic E-state index is 14.2. The molecule has 0 aromatic carbocycles. The monoisotopic (exact) mass is 324 g/mol. The van der Waals surface area contributed by atoms with Gasteiger partial charge in [-0.25, -0.2) is 8.78 Å². The molecule has 0 aromatic rings. The van der Waals surface area contributed by atoms with Crippen molar-refractivity contribution in [1.29, 1.82) is 0 Å². The lowest BCUT2D eigenvalue weighted by atomic mass is 9.66. The van der Waals surface area contributed by atoms with E-state index in [1.54, 1.807) is 13.8 Å². The van der Waals surface area contributed by atoms with Gasteiger partial charge in [0.05, 0.1) is 6.10 Å². The molecule has 0 amide bonds. The van der Waals surface area contributed by atoms with Gasteiger partial charge in [-0.05, 0) is 53.7 Å². The number of alkyl halides is 1. The summed E-state index contributed by atoms with van der Waals surface area (Å²) in [6, 6.07) is 0. The first-order valence-electron chi connectivity index (χ1n) is 8.01. The Hall–Kier alpha value is -1.42. The molecule has 128 valence electrons. The molecule has 4 heteroatoms. The number of aliphatic hydroxyl groups is 2. The van der Waals surface area contributed by atoms with Crippen molar-refractivity contribution in [3.63, 3.8) is 0 Å². The molecule has 0 saturated heterocycles. The van der Waals surface area contributed by atoms with E-state index in [-0.39, 0.29) is 29.8 Å². The molecule has 0 radical (unpaired) electrons. The fraction of sp³-hybridized carbons (Fsp3) is 0.579. The van der Waals surface area contributed by atoms with E-state index < -0.39 is 18.2 Å². The second kappa shape index (κ2) is 6.23. The van der Waals surface area contributed by atoms with E-state index in [2.05, 4.69) is 0 Å². The molecule has 23 heavy (non-hydrogen) atoms. The van der Waals surface area contributed by atoms with E-state index in [4.69, 9.17) is 0 Å². The summed E-state index contributed by atoms with van der Waals surface area (Å²) >= 11 is 0. The molecule has 1 unspecified atom stereocenters. The van der Waals surface area contributed by atoms with Gasteiger partial charge >= 0.3 is 0 Å². The lowest BCUT2D eigenvalue weighted by Crippen LogP contribution is -2.33. The zero-order valence-electron chi connectivity index (χ0n) is 14.5. The van der Waals surface area contributed by atoms with Crippen LogP contribution in [0.5, 0.6) is 0 Å². The van der Waals surface area contributed by atoms with E-state index in [0.717, 1.165) is 0 Å².